The Hall–Kier alpha value is -1.65. The average molecular weight is 201 g/mol. The molecule has 0 saturated carbocycles. The van der Waals surface area contributed by atoms with E-state index in [0.29, 0.717) is 0 Å². The Balaban J connectivity index is 3.32. The van der Waals surface area contributed by atoms with E-state index in [0.717, 1.165) is 12.1 Å². The number of carboxylic acid groups (broad SMARTS) is 1. The third-order valence-electron chi connectivity index (χ3n) is 1.97. The van der Waals surface area contributed by atoms with Crippen LogP contribution in [0.15, 0.2) is 12.1 Å². The number of nitrogen functional groups attached to an aromatic ring is 1. The second kappa shape index (κ2) is 3.61. The van der Waals surface area contributed by atoms with E-state index in [1.165, 1.54) is 6.92 Å². The Morgan fingerprint density at radius 1 is 1.50 bits per heavy atom. The van der Waals surface area contributed by atoms with E-state index in [-0.39, 0.29) is 11.3 Å². The lowest BCUT2D eigenvalue weighted by molar-refractivity contribution is -0.138. The van der Waals surface area contributed by atoms with Crippen LogP contribution >= 0.6 is 0 Å². The molecule has 76 valence electrons. The largest absolute Gasteiger partial charge is 0.481 e. The first-order valence-corrected chi connectivity index (χ1v) is 3.91. The van der Waals surface area contributed by atoms with Gasteiger partial charge in [0.15, 0.2) is 11.6 Å². The Morgan fingerprint density at radius 2 is 2.07 bits per heavy atom. The minimum Gasteiger partial charge on any atom is -0.481 e. The van der Waals surface area contributed by atoms with E-state index in [2.05, 4.69) is 0 Å². The van der Waals surface area contributed by atoms with E-state index < -0.39 is 23.5 Å². The summed E-state index contributed by atoms with van der Waals surface area (Å²) < 4.78 is 25.9. The average Bonchev–Trinajstić information content (AvgIpc) is 2.12. The molecule has 1 rings (SSSR count). The van der Waals surface area contributed by atoms with Crippen molar-refractivity contribution in [2.24, 2.45) is 0 Å². The Bertz CT molecular complexity index is 379. The minimum absolute atomic E-state index is 0.0567. The summed E-state index contributed by atoms with van der Waals surface area (Å²) in [6.07, 6.45) is 0. The van der Waals surface area contributed by atoms with Crippen LogP contribution in [0.1, 0.15) is 18.4 Å². The number of rotatable bonds is 2. The van der Waals surface area contributed by atoms with Gasteiger partial charge < -0.3 is 10.8 Å². The normalized spacial score (nSPS) is 12.5. The number of benzene rings is 1. The van der Waals surface area contributed by atoms with Crippen LogP contribution in [0.4, 0.5) is 14.5 Å². The van der Waals surface area contributed by atoms with Gasteiger partial charge in [-0.3, -0.25) is 4.79 Å². The Labute approximate surface area is 79.2 Å². The van der Waals surface area contributed by atoms with Gasteiger partial charge in [0, 0.05) is 11.3 Å². The molecule has 0 bridgehead atoms. The second-order valence-electron chi connectivity index (χ2n) is 2.92. The van der Waals surface area contributed by atoms with Crippen LogP contribution < -0.4 is 5.73 Å². The number of nitrogens with two attached hydrogens (primary N) is 1. The smallest absolute Gasteiger partial charge is 0.310 e. The molecule has 5 heteroatoms. The molecule has 0 fully saturated rings. The zero-order valence-electron chi connectivity index (χ0n) is 7.42. The maximum atomic E-state index is 13.2. The number of carboxylic acids is 1. The zero-order valence-corrected chi connectivity index (χ0v) is 7.42. The van der Waals surface area contributed by atoms with Crippen LogP contribution in [0.2, 0.25) is 0 Å². The molecule has 3 nitrogen and oxygen atoms in total. The molecule has 14 heavy (non-hydrogen) atoms. The first-order chi connectivity index (χ1) is 6.45. The second-order valence-corrected chi connectivity index (χ2v) is 2.92. The van der Waals surface area contributed by atoms with Crippen LogP contribution in [0.25, 0.3) is 0 Å². The van der Waals surface area contributed by atoms with Crippen LogP contribution in [0.3, 0.4) is 0 Å². The molecular weight excluding hydrogens is 192 g/mol. The van der Waals surface area contributed by atoms with Gasteiger partial charge in [0.1, 0.15) is 0 Å². The summed E-state index contributed by atoms with van der Waals surface area (Å²) >= 11 is 0. The summed E-state index contributed by atoms with van der Waals surface area (Å²) in [5.41, 5.74) is 4.99. The monoisotopic (exact) mass is 201 g/mol. The van der Waals surface area contributed by atoms with Crippen molar-refractivity contribution < 1.29 is 18.7 Å². The molecule has 0 radical (unpaired) electrons. The molecule has 0 heterocycles. The van der Waals surface area contributed by atoms with Gasteiger partial charge in [-0.2, -0.15) is 0 Å². The van der Waals surface area contributed by atoms with E-state index >= 15 is 0 Å². The van der Waals surface area contributed by atoms with Gasteiger partial charge in [-0.05, 0) is 19.1 Å². The van der Waals surface area contributed by atoms with Crippen molar-refractivity contribution in [2.45, 2.75) is 12.8 Å². The first kappa shape index (κ1) is 10.4. The molecule has 3 N–H and O–H groups in total. The highest BCUT2D eigenvalue weighted by molar-refractivity contribution is 5.78. The highest BCUT2D eigenvalue weighted by Crippen LogP contribution is 2.26. The number of halogens is 2. The van der Waals surface area contributed by atoms with Crippen molar-refractivity contribution in [3.05, 3.63) is 29.3 Å². The SMILES string of the molecule is CC(C(=O)O)c1c(N)ccc(F)c1F. The fraction of sp³-hybridized carbons (Fsp3) is 0.222. The molecule has 0 saturated heterocycles. The molecule has 0 aliphatic carbocycles. The predicted molar refractivity (Wildman–Crippen MR) is 46.8 cm³/mol. The van der Waals surface area contributed by atoms with Gasteiger partial charge in [-0.1, -0.05) is 0 Å². The molecule has 1 unspecified atom stereocenters. The maximum Gasteiger partial charge on any atom is 0.310 e. The van der Waals surface area contributed by atoms with E-state index in [9.17, 15) is 13.6 Å². The number of hydrogen-bond donors (Lipinski definition) is 2. The first-order valence-electron chi connectivity index (χ1n) is 3.91. The number of carbonyl (C=O) groups is 1. The van der Waals surface area contributed by atoms with Gasteiger partial charge >= 0.3 is 5.97 Å². The fourth-order valence-corrected chi connectivity index (χ4v) is 1.14. The Morgan fingerprint density at radius 3 is 2.57 bits per heavy atom. The van der Waals surface area contributed by atoms with Crippen molar-refractivity contribution in [2.75, 3.05) is 5.73 Å². The molecule has 0 spiro atoms. The van der Waals surface area contributed by atoms with Crippen molar-refractivity contribution in [3.63, 3.8) is 0 Å². The summed E-state index contributed by atoms with van der Waals surface area (Å²) in [5.74, 6) is -4.70. The fourth-order valence-electron chi connectivity index (χ4n) is 1.14. The van der Waals surface area contributed by atoms with Crippen molar-refractivity contribution in [1.82, 2.24) is 0 Å². The molecule has 1 atom stereocenters. The highest BCUT2D eigenvalue weighted by atomic mass is 19.2. The molecule has 1 aromatic rings. The van der Waals surface area contributed by atoms with Crippen LogP contribution in [0.5, 0.6) is 0 Å². The summed E-state index contributed by atoms with van der Waals surface area (Å²) in [6.45, 7) is 1.25. The van der Waals surface area contributed by atoms with Gasteiger partial charge in [0.05, 0.1) is 5.92 Å². The third-order valence-corrected chi connectivity index (χ3v) is 1.97. The van der Waals surface area contributed by atoms with E-state index in [4.69, 9.17) is 10.8 Å². The van der Waals surface area contributed by atoms with Crippen LogP contribution in [-0.4, -0.2) is 11.1 Å². The molecule has 0 aromatic heterocycles. The molecule has 0 amide bonds. The Kier molecular flexibility index (Phi) is 2.69. The highest BCUT2D eigenvalue weighted by Gasteiger charge is 2.22. The maximum absolute atomic E-state index is 13.2. The summed E-state index contributed by atoms with van der Waals surface area (Å²) in [7, 11) is 0. The lowest BCUT2D eigenvalue weighted by atomic mass is 9.99. The topological polar surface area (TPSA) is 63.3 Å². The van der Waals surface area contributed by atoms with Crippen LogP contribution in [0, 0.1) is 11.6 Å². The lowest BCUT2D eigenvalue weighted by Gasteiger charge is -2.11. The summed E-state index contributed by atoms with van der Waals surface area (Å²) in [5, 5.41) is 8.63. The van der Waals surface area contributed by atoms with Crippen molar-refractivity contribution >= 4 is 11.7 Å². The quantitative estimate of drug-likeness (QED) is 0.716. The van der Waals surface area contributed by atoms with Gasteiger partial charge in [-0.25, -0.2) is 8.78 Å². The van der Waals surface area contributed by atoms with Crippen molar-refractivity contribution in [3.8, 4) is 0 Å². The van der Waals surface area contributed by atoms with Gasteiger partial charge in [-0.15, -0.1) is 0 Å². The third kappa shape index (κ3) is 1.66. The van der Waals surface area contributed by atoms with Gasteiger partial charge in [0.2, 0.25) is 0 Å². The molecule has 1 aromatic carbocycles. The van der Waals surface area contributed by atoms with E-state index in [1.807, 2.05) is 0 Å². The molecule has 0 aliphatic heterocycles. The lowest BCUT2D eigenvalue weighted by Crippen LogP contribution is -2.12. The zero-order chi connectivity index (χ0) is 10.9. The summed E-state index contributed by atoms with van der Waals surface area (Å²) in [6, 6.07) is 2.01. The molecular formula is C9H9F2NO2. The van der Waals surface area contributed by atoms with Crippen molar-refractivity contribution in [1.29, 1.82) is 0 Å². The standard InChI is InChI=1S/C9H9F2NO2/c1-4(9(13)14)7-6(12)3-2-5(10)8(7)11/h2-4H,12H2,1H3,(H,13,14). The minimum atomic E-state index is -1.25. The number of anilines is 1. The predicted octanol–water partition coefficient (Wildman–Crippen LogP) is 1.74. The summed E-state index contributed by atoms with van der Waals surface area (Å²) in [4.78, 5) is 10.6. The number of hydrogen-bond acceptors (Lipinski definition) is 2. The van der Waals surface area contributed by atoms with Crippen LogP contribution in [-0.2, 0) is 4.79 Å². The number of aliphatic carboxylic acids is 1. The molecule has 0 aliphatic rings. The van der Waals surface area contributed by atoms with Gasteiger partial charge in [0.25, 0.3) is 0 Å². The van der Waals surface area contributed by atoms with E-state index in [1.54, 1.807) is 0 Å².